The number of benzene rings is 1. The number of ketones is 1. The molecule has 10 heteroatoms. The Morgan fingerprint density at radius 3 is 2.67 bits per heavy atom. The number of aromatic nitrogens is 2. The van der Waals surface area contributed by atoms with Gasteiger partial charge in [-0.1, -0.05) is 12.1 Å². The minimum Gasteiger partial charge on any atom is -0.438 e. The Morgan fingerprint density at radius 1 is 1.15 bits per heavy atom. The van der Waals surface area contributed by atoms with Crippen molar-refractivity contribution < 1.29 is 23.5 Å². The highest BCUT2D eigenvalue weighted by atomic mass is 19.1. The van der Waals surface area contributed by atoms with Gasteiger partial charge in [0.15, 0.2) is 11.9 Å². The van der Waals surface area contributed by atoms with Crippen LogP contribution in [0.3, 0.4) is 0 Å². The molecule has 1 N–H and O–H groups in total. The van der Waals surface area contributed by atoms with Gasteiger partial charge in [-0.3, -0.25) is 14.4 Å². The monoisotopic (exact) mass is 536 g/mol. The van der Waals surface area contributed by atoms with Crippen LogP contribution in [0, 0.1) is 5.82 Å². The molecule has 2 amide bonds. The summed E-state index contributed by atoms with van der Waals surface area (Å²) in [7, 11) is 3.28. The van der Waals surface area contributed by atoms with Gasteiger partial charge in [0.25, 0.3) is 5.56 Å². The van der Waals surface area contributed by atoms with E-state index in [0.717, 1.165) is 24.1 Å². The van der Waals surface area contributed by atoms with Crippen LogP contribution in [-0.4, -0.2) is 70.4 Å². The van der Waals surface area contributed by atoms with Crippen molar-refractivity contribution >= 4 is 28.7 Å². The van der Waals surface area contributed by atoms with E-state index < -0.39 is 12.2 Å². The standard InChI is InChI=1S/C29H33FN4O5/c1-32(2)27(36)10-4-3-9-26(39-29(38)33-13-5-6-14-33)25(35)18-20-8-7-15-34(28(20)37)19-23-17-21-16-22(30)11-12-24(21)31-23/h4,7-8,10-12,15-17,26,31H,3,5-6,9,13-14,18-19H2,1-2H3/b10-4+/t26-/m0/s1. The van der Waals surface area contributed by atoms with Gasteiger partial charge >= 0.3 is 6.09 Å². The van der Waals surface area contributed by atoms with Crippen LogP contribution in [0.1, 0.15) is 36.9 Å². The first-order valence-electron chi connectivity index (χ1n) is 13.0. The van der Waals surface area contributed by atoms with Crippen molar-refractivity contribution in [3.63, 3.8) is 0 Å². The van der Waals surface area contributed by atoms with Gasteiger partial charge < -0.3 is 24.1 Å². The number of carbonyl (C=O) groups is 3. The number of amides is 2. The fraction of sp³-hybridized carbons (Fsp3) is 0.379. The molecule has 1 atom stereocenters. The molecule has 3 heterocycles. The quantitative estimate of drug-likeness (QED) is 0.399. The predicted molar refractivity (Wildman–Crippen MR) is 145 cm³/mol. The lowest BCUT2D eigenvalue weighted by Gasteiger charge is -2.21. The first-order valence-corrected chi connectivity index (χ1v) is 13.0. The Labute approximate surface area is 225 Å². The van der Waals surface area contributed by atoms with E-state index in [9.17, 15) is 23.6 Å². The van der Waals surface area contributed by atoms with Crippen LogP contribution in [0.25, 0.3) is 10.9 Å². The Hall–Kier alpha value is -4.21. The van der Waals surface area contributed by atoms with Crippen LogP contribution in [0.2, 0.25) is 0 Å². The number of ether oxygens (including phenoxy) is 1. The summed E-state index contributed by atoms with van der Waals surface area (Å²) in [6.07, 6.45) is 5.22. The van der Waals surface area contributed by atoms with Gasteiger partial charge in [-0.15, -0.1) is 0 Å². The van der Waals surface area contributed by atoms with E-state index in [-0.39, 0.29) is 48.0 Å². The maximum absolute atomic E-state index is 13.6. The number of nitrogens with one attached hydrogen (secondary N) is 1. The second-order valence-corrected chi connectivity index (χ2v) is 9.91. The maximum atomic E-state index is 13.6. The van der Waals surface area contributed by atoms with E-state index in [4.69, 9.17) is 4.74 Å². The third-order valence-corrected chi connectivity index (χ3v) is 6.71. The zero-order chi connectivity index (χ0) is 27.9. The number of hydrogen-bond donors (Lipinski definition) is 1. The summed E-state index contributed by atoms with van der Waals surface area (Å²) < 4.78 is 20.6. The second-order valence-electron chi connectivity index (χ2n) is 9.91. The summed E-state index contributed by atoms with van der Waals surface area (Å²) in [6.45, 7) is 1.39. The van der Waals surface area contributed by atoms with E-state index in [1.165, 1.54) is 27.7 Å². The second kappa shape index (κ2) is 12.6. The highest BCUT2D eigenvalue weighted by Gasteiger charge is 2.27. The van der Waals surface area contributed by atoms with E-state index >= 15 is 0 Å². The molecule has 206 valence electrons. The number of H-pyrrole nitrogens is 1. The number of aromatic amines is 1. The van der Waals surface area contributed by atoms with Gasteiger partial charge in [-0.25, -0.2) is 9.18 Å². The molecule has 2 aromatic heterocycles. The number of likely N-dealkylation sites (N-methyl/N-ethyl adjacent to an activating group) is 1. The van der Waals surface area contributed by atoms with Gasteiger partial charge in [0.05, 0.1) is 6.54 Å². The maximum Gasteiger partial charge on any atom is 0.410 e. The summed E-state index contributed by atoms with van der Waals surface area (Å²) in [4.78, 5) is 57.1. The summed E-state index contributed by atoms with van der Waals surface area (Å²) in [5, 5.41) is 0.702. The van der Waals surface area contributed by atoms with Crippen LogP contribution >= 0.6 is 0 Å². The van der Waals surface area contributed by atoms with Gasteiger partial charge in [0, 0.05) is 62.0 Å². The third kappa shape index (κ3) is 7.22. The smallest absolute Gasteiger partial charge is 0.410 e. The lowest BCUT2D eigenvalue weighted by atomic mass is 10.0. The molecule has 1 aliphatic rings. The number of pyridine rings is 1. The van der Waals surface area contributed by atoms with Crippen molar-refractivity contribution in [3.05, 3.63) is 82.2 Å². The average molecular weight is 537 g/mol. The average Bonchev–Trinajstić information content (AvgIpc) is 3.57. The number of likely N-dealkylation sites (tertiary alicyclic amines) is 1. The minimum atomic E-state index is -1.05. The Kier molecular flexibility index (Phi) is 8.96. The van der Waals surface area contributed by atoms with Crippen molar-refractivity contribution in [2.45, 2.75) is 44.8 Å². The number of hydrogen-bond acceptors (Lipinski definition) is 5. The number of Topliss-reactive ketones (excluding diaryl/α,β-unsaturated/α-hetero) is 1. The number of nitrogens with zero attached hydrogens (tertiary/aromatic N) is 3. The highest BCUT2D eigenvalue weighted by Crippen LogP contribution is 2.18. The van der Waals surface area contributed by atoms with E-state index in [2.05, 4.69) is 4.98 Å². The van der Waals surface area contributed by atoms with Crippen LogP contribution in [0.5, 0.6) is 0 Å². The molecule has 3 aromatic rings. The van der Waals surface area contributed by atoms with Crippen LogP contribution in [0.4, 0.5) is 9.18 Å². The predicted octanol–water partition coefficient (Wildman–Crippen LogP) is 3.65. The molecule has 39 heavy (non-hydrogen) atoms. The highest BCUT2D eigenvalue weighted by molar-refractivity contribution is 5.88. The molecule has 4 rings (SSSR count). The third-order valence-electron chi connectivity index (χ3n) is 6.71. The lowest BCUT2D eigenvalue weighted by molar-refractivity contribution is -0.127. The van der Waals surface area contributed by atoms with Crippen molar-refractivity contribution in [1.29, 1.82) is 0 Å². The molecule has 0 spiro atoms. The molecule has 1 aromatic carbocycles. The van der Waals surface area contributed by atoms with Gasteiger partial charge in [-0.05, 0) is 62.1 Å². The molecule has 0 saturated carbocycles. The SMILES string of the molecule is CN(C)C(=O)/C=C/CC[C@H](OC(=O)N1CCCC1)C(=O)Cc1cccn(Cc2cc3cc(F)ccc3[nH]2)c1=O. The van der Waals surface area contributed by atoms with Gasteiger partial charge in [0.2, 0.25) is 5.91 Å². The summed E-state index contributed by atoms with van der Waals surface area (Å²) in [6, 6.07) is 9.48. The molecule has 0 radical (unpaired) electrons. The number of rotatable bonds is 10. The van der Waals surface area contributed by atoms with Gasteiger partial charge in [-0.2, -0.15) is 0 Å². The largest absolute Gasteiger partial charge is 0.438 e. The fourth-order valence-corrected chi connectivity index (χ4v) is 4.54. The molecule has 1 saturated heterocycles. The zero-order valence-electron chi connectivity index (χ0n) is 22.2. The molecule has 9 nitrogen and oxygen atoms in total. The molecule has 1 aliphatic heterocycles. The normalized spacial score (nSPS) is 14.2. The number of halogens is 1. The van der Waals surface area contributed by atoms with Gasteiger partial charge in [0.1, 0.15) is 5.82 Å². The van der Waals surface area contributed by atoms with Crippen molar-refractivity contribution in [1.82, 2.24) is 19.4 Å². The molecule has 0 unspecified atom stereocenters. The van der Waals surface area contributed by atoms with Crippen molar-refractivity contribution in [2.75, 3.05) is 27.2 Å². The Morgan fingerprint density at radius 2 is 1.92 bits per heavy atom. The Bertz CT molecular complexity index is 1430. The topological polar surface area (TPSA) is 105 Å². The summed E-state index contributed by atoms with van der Waals surface area (Å²) >= 11 is 0. The van der Waals surface area contributed by atoms with Crippen molar-refractivity contribution in [2.24, 2.45) is 0 Å². The zero-order valence-corrected chi connectivity index (χ0v) is 22.2. The molecular weight excluding hydrogens is 503 g/mol. The number of allylic oxidation sites excluding steroid dienone is 1. The van der Waals surface area contributed by atoms with Crippen LogP contribution < -0.4 is 5.56 Å². The van der Waals surface area contributed by atoms with E-state index in [1.807, 2.05) is 0 Å². The molecule has 1 fully saturated rings. The van der Waals surface area contributed by atoms with E-state index in [1.54, 1.807) is 55.5 Å². The first-order chi connectivity index (χ1) is 18.7. The summed E-state index contributed by atoms with van der Waals surface area (Å²) in [5.41, 5.74) is 1.43. The van der Waals surface area contributed by atoms with Crippen LogP contribution in [0.15, 0.2) is 59.5 Å². The Balaban J connectivity index is 1.47. The minimum absolute atomic E-state index is 0.183. The number of carbonyl (C=O) groups excluding carboxylic acids is 3. The first kappa shape index (κ1) is 27.8. The van der Waals surface area contributed by atoms with E-state index in [0.29, 0.717) is 24.9 Å². The molecule has 0 bridgehead atoms. The molecular formula is C29H33FN4O5. The van der Waals surface area contributed by atoms with Crippen molar-refractivity contribution in [3.8, 4) is 0 Å². The van der Waals surface area contributed by atoms with Crippen LogP contribution in [-0.2, 0) is 27.3 Å². The summed E-state index contributed by atoms with van der Waals surface area (Å²) in [5.74, 6) is -0.909. The fourth-order valence-electron chi connectivity index (χ4n) is 4.54. The molecule has 0 aliphatic carbocycles. The lowest BCUT2D eigenvalue weighted by Crippen LogP contribution is -2.37. The number of fused-ring (bicyclic) bond motifs is 1.